The zero-order valence-corrected chi connectivity index (χ0v) is 12.8. The Bertz CT molecular complexity index is 814. The largest absolute Gasteiger partial charge is 0.395 e. The Hall–Kier alpha value is -2.73. The van der Waals surface area contributed by atoms with E-state index in [1.807, 2.05) is 41.0 Å². The number of anilines is 1. The van der Waals surface area contributed by atoms with E-state index < -0.39 is 5.41 Å². The first-order valence-corrected chi connectivity index (χ1v) is 7.41. The van der Waals surface area contributed by atoms with Gasteiger partial charge in [-0.3, -0.25) is 0 Å². The fourth-order valence-electron chi connectivity index (χ4n) is 2.75. The normalized spacial score (nSPS) is 13.8. The third-order valence-electron chi connectivity index (χ3n) is 4.25. The maximum absolute atomic E-state index is 9.97. The molecule has 0 aliphatic rings. The number of aromatic nitrogens is 4. The first-order valence-electron chi connectivity index (χ1n) is 7.41. The molecular formula is C17H19N5O. The average Bonchev–Trinajstić information content (AvgIpc) is 3.02. The molecule has 0 saturated carbocycles. The van der Waals surface area contributed by atoms with E-state index in [4.69, 9.17) is 5.73 Å². The fraction of sp³-hybridized carbons (Fsp3) is 0.235. The van der Waals surface area contributed by atoms with Gasteiger partial charge < -0.3 is 15.4 Å². The lowest BCUT2D eigenvalue weighted by Crippen LogP contribution is -2.29. The van der Waals surface area contributed by atoms with Crippen LogP contribution in [0.2, 0.25) is 0 Å². The summed E-state index contributed by atoms with van der Waals surface area (Å²) in [7, 11) is 0. The van der Waals surface area contributed by atoms with Crippen LogP contribution in [0.5, 0.6) is 0 Å². The van der Waals surface area contributed by atoms with E-state index in [-0.39, 0.29) is 6.61 Å². The zero-order valence-electron chi connectivity index (χ0n) is 12.8. The minimum Gasteiger partial charge on any atom is -0.395 e. The predicted molar refractivity (Wildman–Crippen MR) is 89.8 cm³/mol. The van der Waals surface area contributed by atoms with Gasteiger partial charge in [0.1, 0.15) is 11.8 Å². The summed E-state index contributed by atoms with van der Waals surface area (Å²) >= 11 is 0. The smallest absolute Gasteiger partial charge is 0.165 e. The van der Waals surface area contributed by atoms with Crippen LogP contribution in [0.25, 0.3) is 11.2 Å². The van der Waals surface area contributed by atoms with Crippen molar-refractivity contribution in [3.05, 3.63) is 61.2 Å². The number of nitrogen functional groups attached to an aromatic ring is 1. The van der Waals surface area contributed by atoms with Gasteiger partial charge in [0.25, 0.3) is 0 Å². The first-order chi connectivity index (χ1) is 11.2. The molecule has 0 amide bonds. The van der Waals surface area contributed by atoms with E-state index in [1.165, 1.54) is 6.33 Å². The molecule has 6 nitrogen and oxygen atoms in total. The Balaban J connectivity index is 1.90. The summed E-state index contributed by atoms with van der Waals surface area (Å²) in [4.78, 5) is 12.5. The Morgan fingerprint density at radius 1 is 1.22 bits per heavy atom. The number of hydrogen-bond acceptors (Lipinski definition) is 5. The molecule has 2 aromatic heterocycles. The van der Waals surface area contributed by atoms with E-state index in [0.29, 0.717) is 29.9 Å². The molecule has 0 aliphatic carbocycles. The van der Waals surface area contributed by atoms with Crippen LogP contribution < -0.4 is 5.73 Å². The predicted octanol–water partition coefficient (Wildman–Crippen LogP) is 1.91. The molecule has 0 bridgehead atoms. The van der Waals surface area contributed by atoms with Crippen molar-refractivity contribution in [2.75, 3.05) is 12.3 Å². The topological polar surface area (TPSA) is 89.8 Å². The lowest BCUT2D eigenvalue weighted by Gasteiger charge is -2.29. The molecule has 0 radical (unpaired) electrons. The van der Waals surface area contributed by atoms with E-state index in [2.05, 4.69) is 21.5 Å². The highest BCUT2D eigenvalue weighted by molar-refractivity contribution is 5.81. The second-order valence-electron chi connectivity index (χ2n) is 5.50. The summed E-state index contributed by atoms with van der Waals surface area (Å²) < 4.78 is 1.92. The lowest BCUT2D eigenvalue weighted by atomic mass is 9.78. The van der Waals surface area contributed by atoms with Crippen molar-refractivity contribution in [2.24, 2.45) is 0 Å². The SMILES string of the molecule is C=CC(CO)(CCn1cnc2c(N)ncnc21)c1ccccc1. The molecule has 0 fully saturated rings. The molecule has 3 aromatic rings. The molecule has 1 aromatic carbocycles. The Morgan fingerprint density at radius 3 is 2.70 bits per heavy atom. The van der Waals surface area contributed by atoms with Crippen LogP contribution in [-0.2, 0) is 12.0 Å². The number of benzene rings is 1. The summed E-state index contributed by atoms with van der Waals surface area (Å²) in [5.74, 6) is 0.369. The first kappa shape index (κ1) is 15.2. The maximum atomic E-state index is 9.97. The minimum atomic E-state index is -0.504. The maximum Gasteiger partial charge on any atom is 0.165 e. The van der Waals surface area contributed by atoms with Gasteiger partial charge in [0.05, 0.1) is 12.9 Å². The minimum absolute atomic E-state index is 0.00966. The summed E-state index contributed by atoms with van der Waals surface area (Å²) in [5, 5.41) is 9.97. The quantitative estimate of drug-likeness (QED) is 0.679. The van der Waals surface area contributed by atoms with Crippen LogP contribution in [0.3, 0.4) is 0 Å². The number of rotatable bonds is 6. The van der Waals surface area contributed by atoms with Crippen molar-refractivity contribution < 1.29 is 5.11 Å². The van der Waals surface area contributed by atoms with Gasteiger partial charge in [-0.25, -0.2) is 15.0 Å². The van der Waals surface area contributed by atoms with Crippen LogP contribution in [0, 0.1) is 0 Å². The van der Waals surface area contributed by atoms with E-state index in [1.54, 1.807) is 6.33 Å². The van der Waals surface area contributed by atoms with E-state index in [0.717, 1.165) is 5.56 Å². The third-order valence-corrected chi connectivity index (χ3v) is 4.25. The highest BCUT2D eigenvalue weighted by Crippen LogP contribution is 2.30. The number of aliphatic hydroxyl groups is 1. The highest BCUT2D eigenvalue weighted by Gasteiger charge is 2.28. The van der Waals surface area contributed by atoms with Crippen LogP contribution in [0.15, 0.2) is 55.6 Å². The molecular weight excluding hydrogens is 290 g/mol. The number of nitrogens with zero attached hydrogens (tertiary/aromatic N) is 4. The molecule has 118 valence electrons. The van der Waals surface area contributed by atoms with Crippen molar-refractivity contribution in [3.8, 4) is 0 Å². The summed E-state index contributed by atoms with van der Waals surface area (Å²) in [6, 6.07) is 9.89. The highest BCUT2D eigenvalue weighted by atomic mass is 16.3. The van der Waals surface area contributed by atoms with Crippen molar-refractivity contribution in [2.45, 2.75) is 18.4 Å². The molecule has 0 spiro atoms. The van der Waals surface area contributed by atoms with Gasteiger partial charge >= 0.3 is 0 Å². The molecule has 23 heavy (non-hydrogen) atoms. The number of hydrogen-bond donors (Lipinski definition) is 2. The summed E-state index contributed by atoms with van der Waals surface area (Å²) in [5.41, 5.74) is 7.64. The van der Waals surface area contributed by atoms with Gasteiger partial charge in [0, 0.05) is 12.0 Å². The molecule has 3 rings (SSSR count). The standard InChI is InChI=1S/C17H19N5O/c1-2-17(10-23,13-6-4-3-5-7-13)8-9-22-12-21-14-15(18)19-11-20-16(14)22/h2-7,11-12,23H,1,8-10H2,(H2,18,19,20). The van der Waals surface area contributed by atoms with Crippen molar-refractivity contribution in [1.29, 1.82) is 0 Å². The molecule has 6 heteroatoms. The van der Waals surface area contributed by atoms with Gasteiger partial charge in [-0.1, -0.05) is 36.4 Å². The van der Waals surface area contributed by atoms with E-state index >= 15 is 0 Å². The number of aliphatic hydroxyl groups excluding tert-OH is 1. The summed E-state index contributed by atoms with van der Waals surface area (Å²) in [6.07, 6.45) is 5.61. The van der Waals surface area contributed by atoms with Gasteiger partial charge in [-0.2, -0.15) is 0 Å². The monoisotopic (exact) mass is 309 g/mol. The van der Waals surface area contributed by atoms with Crippen LogP contribution >= 0.6 is 0 Å². The number of aryl methyl sites for hydroxylation is 1. The Morgan fingerprint density at radius 2 is 2.00 bits per heavy atom. The third kappa shape index (κ3) is 2.68. The molecule has 1 unspecified atom stereocenters. The van der Waals surface area contributed by atoms with Crippen molar-refractivity contribution in [3.63, 3.8) is 0 Å². The second-order valence-corrected chi connectivity index (χ2v) is 5.50. The van der Waals surface area contributed by atoms with Crippen LogP contribution in [0.4, 0.5) is 5.82 Å². The molecule has 0 aliphatic heterocycles. The van der Waals surface area contributed by atoms with Crippen LogP contribution in [0.1, 0.15) is 12.0 Å². The van der Waals surface area contributed by atoms with Crippen molar-refractivity contribution in [1.82, 2.24) is 19.5 Å². The molecule has 3 N–H and O–H groups in total. The number of nitrogens with two attached hydrogens (primary N) is 1. The number of fused-ring (bicyclic) bond motifs is 1. The van der Waals surface area contributed by atoms with E-state index in [9.17, 15) is 5.11 Å². The lowest BCUT2D eigenvalue weighted by molar-refractivity contribution is 0.212. The Kier molecular flexibility index (Phi) is 4.08. The Labute approximate surface area is 134 Å². The molecule has 2 heterocycles. The van der Waals surface area contributed by atoms with Gasteiger partial charge in [-0.15, -0.1) is 6.58 Å². The molecule has 1 atom stereocenters. The number of imidazole rings is 1. The van der Waals surface area contributed by atoms with Gasteiger partial charge in [0.2, 0.25) is 0 Å². The van der Waals surface area contributed by atoms with Crippen LogP contribution in [-0.4, -0.2) is 31.2 Å². The second kappa shape index (κ2) is 6.18. The average molecular weight is 309 g/mol. The van der Waals surface area contributed by atoms with Gasteiger partial charge in [0.15, 0.2) is 11.5 Å². The van der Waals surface area contributed by atoms with Gasteiger partial charge in [-0.05, 0) is 12.0 Å². The van der Waals surface area contributed by atoms with Crippen molar-refractivity contribution >= 4 is 17.0 Å². The zero-order chi connectivity index (χ0) is 16.3. The summed E-state index contributed by atoms with van der Waals surface area (Å²) in [6.45, 7) is 4.55. The fourth-order valence-corrected chi connectivity index (χ4v) is 2.75. The molecule has 0 saturated heterocycles.